The van der Waals surface area contributed by atoms with Gasteiger partial charge in [0.25, 0.3) is 0 Å². The first-order valence-corrected chi connectivity index (χ1v) is 0.612. The molecule has 0 saturated carbocycles. The summed E-state index contributed by atoms with van der Waals surface area (Å²) in [6.07, 6.45) is -2.33. The summed E-state index contributed by atoms with van der Waals surface area (Å²) in [6, 6.07) is 0. The molecular weight excluding hydrogens is 92.1 g/mol. The fourth-order valence-corrected chi connectivity index (χ4v) is 0. The third-order valence-electron chi connectivity index (χ3n) is 0. The van der Waals surface area contributed by atoms with Crippen LogP contribution in [0, 0.1) is 0 Å². The lowest BCUT2D eigenvalue weighted by Gasteiger charge is -1.96. The molecule has 0 aliphatic heterocycles. The normalized spacial score (nSPS) is 4.80. The Balaban J connectivity index is 0. The zero-order valence-corrected chi connectivity index (χ0v) is 3.22. The van der Waals surface area contributed by atoms with E-state index < -0.39 is 6.16 Å². The third kappa shape index (κ3) is 65.8. The first-order chi connectivity index (χ1) is 1.73. The quantitative estimate of drug-likeness (QED) is 0.338. The van der Waals surface area contributed by atoms with E-state index in [-0.39, 0.29) is 13.5 Å². The zero-order valence-electron chi connectivity index (χ0n) is 2.22. The van der Waals surface area contributed by atoms with Crippen LogP contribution in [0.3, 0.4) is 0 Å². The summed E-state index contributed by atoms with van der Waals surface area (Å²) < 4.78 is 0. The van der Waals surface area contributed by atoms with Gasteiger partial charge in [-0.25, -0.2) is 0 Å². The minimum absolute atomic E-state index is 0. The highest BCUT2D eigenvalue weighted by molar-refractivity contribution is 7.59. The van der Waals surface area contributed by atoms with E-state index in [1.807, 2.05) is 0 Å². The Morgan fingerprint density at radius 1 is 1.40 bits per heavy atom. The maximum absolute atomic E-state index is 8.33. The molecule has 0 spiro atoms. The molecule has 0 bridgehead atoms. The van der Waals surface area contributed by atoms with E-state index in [0.29, 0.717) is 0 Å². The van der Waals surface area contributed by atoms with E-state index in [2.05, 4.69) is 0 Å². The number of hydrogen-bond acceptors (Lipinski definition) is 3. The molecule has 4 heteroatoms. The Kier molecular flexibility index (Phi) is 6.39. The van der Waals surface area contributed by atoms with Crippen LogP contribution < -0.4 is 10.2 Å². The van der Waals surface area contributed by atoms with Gasteiger partial charge in [-0.3, -0.25) is 0 Å². The van der Waals surface area contributed by atoms with Gasteiger partial charge in [-0.15, -0.1) is 0 Å². The van der Waals surface area contributed by atoms with E-state index in [1.54, 1.807) is 0 Å². The van der Waals surface area contributed by atoms with Crippen molar-refractivity contribution in [3.63, 3.8) is 0 Å². The van der Waals surface area contributed by atoms with Crippen molar-refractivity contribution in [3.05, 3.63) is 0 Å². The Hall–Kier alpha value is -0.380. The third-order valence-corrected chi connectivity index (χ3v) is 0. The van der Waals surface area contributed by atoms with E-state index in [0.717, 1.165) is 0 Å². The fourth-order valence-electron chi connectivity index (χ4n) is 0. The zero-order chi connectivity index (χ0) is 3.58. The molecule has 0 rings (SSSR count). The number of carboxylic acid groups (broad SMARTS) is 2. The summed E-state index contributed by atoms with van der Waals surface area (Å²) in [7, 11) is 0. The lowest BCUT2D eigenvalue weighted by Crippen LogP contribution is -2.37. The average Bonchev–Trinajstić information content (AvgIpc) is 0.811. The second-order valence-corrected chi connectivity index (χ2v) is 0.250. The maximum Gasteiger partial charge on any atom is -0.0431 e. The second-order valence-electron chi connectivity index (χ2n) is 0.250. The summed E-state index contributed by atoms with van der Waals surface area (Å²) in [6.45, 7) is 0. The van der Waals surface area contributed by atoms with E-state index in [4.69, 9.17) is 15.0 Å². The van der Waals surface area contributed by atoms with Crippen LogP contribution in [0.5, 0.6) is 0 Å². The monoisotopic (exact) mass is 94.0 g/mol. The van der Waals surface area contributed by atoms with Crippen molar-refractivity contribution < 1.29 is 15.0 Å². The molecule has 0 saturated heterocycles. The fraction of sp³-hybridized carbons (Fsp3) is 0. The summed E-state index contributed by atoms with van der Waals surface area (Å²) in [5, 5.41) is 16.7. The molecule has 0 fully saturated rings. The van der Waals surface area contributed by atoms with Crippen LogP contribution in [0.4, 0.5) is 4.79 Å². The predicted molar refractivity (Wildman–Crippen MR) is 15.8 cm³/mol. The molecule has 0 aromatic heterocycles. The molecule has 0 heterocycles. The van der Waals surface area contributed by atoms with Crippen LogP contribution in [0.1, 0.15) is 0 Å². The van der Waals surface area contributed by atoms with Crippen molar-refractivity contribution in [1.29, 1.82) is 0 Å². The van der Waals surface area contributed by atoms with Gasteiger partial charge < -0.3 is 15.0 Å². The Morgan fingerprint density at radius 2 is 1.40 bits per heavy atom. The largest absolute Gasteiger partial charge is 0.652 e. The number of rotatable bonds is 0. The van der Waals surface area contributed by atoms with Crippen molar-refractivity contribution in [2.45, 2.75) is 0 Å². The lowest BCUT2D eigenvalue weighted by atomic mass is 11.5. The Morgan fingerprint density at radius 3 is 1.40 bits per heavy atom. The molecule has 32 valence electrons. The second kappa shape index (κ2) is 3.62. The van der Waals surface area contributed by atoms with Crippen molar-refractivity contribution in [1.82, 2.24) is 0 Å². The highest BCUT2D eigenvalue weighted by Crippen LogP contribution is 1.21. The van der Waals surface area contributed by atoms with Gasteiger partial charge in [0, 0.05) is 0 Å². The summed E-state index contributed by atoms with van der Waals surface area (Å²) >= 11 is 0. The smallest absolute Gasteiger partial charge is 0.0431 e. The highest BCUT2D eigenvalue weighted by Gasteiger charge is 1.26. The molecule has 0 radical (unpaired) electrons. The van der Waals surface area contributed by atoms with Crippen LogP contribution in [-0.2, 0) is 0 Å². The molecule has 0 unspecified atom stereocenters. The molecular formula is CH2O3S-2. The molecule has 0 aliphatic carbocycles. The van der Waals surface area contributed by atoms with Crippen LogP contribution in [0.2, 0.25) is 0 Å². The highest BCUT2D eigenvalue weighted by atomic mass is 32.1. The molecule has 0 atom stereocenters. The van der Waals surface area contributed by atoms with Gasteiger partial charge in [0.1, 0.15) is 0 Å². The molecule has 0 aromatic rings. The van der Waals surface area contributed by atoms with Gasteiger partial charge in [-0.05, 0) is 6.16 Å². The van der Waals surface area contributed by atoms with Crippen molar-refractivity contribution in [2.24, 2.45) is 0 Å². The van der Waals surface area contributed by atoms with E-state index in [9.17, 15) is 0 Å². The van der Waals surface area contributed by atoms with Crippen LogP contribution in [0.15, 0.2) is 0 Å². The van der Waals surface area contributed by atoms with Crippen molar-refractivity contribution in [3.8, 4) is 0 Å². The summed E-state index contributed by atoms with van der Waals surface area (Å²) in [4.78, 5) is 8.33. The van der Waals surface area contributed by atoms with Crippen molar-refractivity contribution in [2.75, 3.05) is 0 Å². The molecule has 0 aromatic carbocycles. The summed E-state index contributed by atoms with van der Waals surface area (Å²) in [5.41, 5.74) is 0. The Bertz CT molecular complexity index is 29.9. The van der Waals surface area contributed by atoms with Crippen LogP contribution in [0.25, 0.3) is 0 Å². The van der Waals surface area contributed by atoms with Gasteiger partial charge in [-0.1, -0.05) is 0 Å². The summed E-state index contributed by atoms with van der Waals surface area (Å²) in [5.74, 6) is 0. The van der Waals surface area contributed by atoms with Crippen molar-refractivity contribution >= 4 is 19.7 Å². The molecule has 0 N–H and O–H groups in total. The minimum Gasteiger partial charge on any atom is -0.652 e. The standard InChI is InChI=1S/CH2O3.H2S/c2-1(3)4;/h(H2,2,3,4);1H2/p-2. The minimum atomic E-state index is -2.33. The molecule has 5 heavy (non-hydrogen) atoms. The Labute approximate surface area is 35.7 Å². The predicted octanol–water partition coefficient (Wildman–Crippen LogP) is -2.33. The maximum atomic E-state index is 8.33. The molecule has 3 nitrogen and oxygen atoms in total. The van der Waals surface area contributed by atoms with E-state index >= 15 is 0 Å². The SMILES string of the molecule is O=C([O-])[O-].S. The topological polar surface area (TPSA) is 63.2 Å². The van der Waals surface area contributed by atoms with Crippen LogP contribution in [-0.4, -0.2) is 6.16 Å². The first-order valence-electron chi connectivity index (χ1n) is 0.612. The number of carbonyl (C=O) groups excluding carboxylic acids is 1. The van der Waals surface area contributed by atoms with Gasteiger partial charge in [-0.2, -0.15) is 13.5 Å². The van der Waals surface area contributed by atoms with Gasteiger partial charge in [0.05, 0.1) is 0 Å². The first kappa shape index (κ1) is 8.82. The average molecular weight is 94.1 g/mol. The molecule has 0 amide bonds. The lowest BCUT2D eigenvalue weighted by molar-refractivity contribution is -0.415. The van der Waals surface area contributed by atoms with E-state index in [1.165, 1.54) is 0 Å². The van der Waals surface area contributed by atoms with Gasteiger partial charge in [0.2, 0.25) is 0 Å². The van der Waals surface area contributed by atoms with Gasteiger partial charge >= 0.3 is 0 Å². The van der Waals surface area contributed by atoms with Crippen LogP contribution >= 0.6 is 13.5 Å². The van der Waals surface area contributed by atoms with Gasteiger partial charge in [0.15, 0.2) is 0 Å². The number of hydrogen-bond donors (Lipinski definition) is 0. The number of carbonyl (C=O) groups is 1. The molecule has 0 aliphatic rings.